The third-order valence-corrected chi connectivity index (χ3v) is 3.92. The quantitative estimate of drug-likeness (QED) is 0.370. The fraction of sp³-hybridized carbons (Fsp3) is 0.273. The van der Waals surface area contributed by atoms with Gasteiger partial charge in [0.05, 0.1) is 5.69 Å². The molecule has 0 saturated heterocycles. The molecule has 0 fully saturated rings. The third-order valence-electron chi connectivity index (χ3n) is 3.92. The molecular formula is C22H20F6N4O2. The minimum absolute atomic E-state index is 0.150. The summed E-state index contributed by atoms with van der Waals surface area (Å²) in [6.07, 6.45) is -9.71. The molecule has 1 heterocycles. The lowest BCUT2D eigenvalue weighted by Crippen LogP contribution is -2.27. The number of aromatic nitrogens is 2. The minimum Gasteiger partial charge on any atom is -0.406 e. The van der Waals surface area contributed by atoms with Gasteiger partial charge in [-0.1, -0.05) is 18.2 Å². The Labute approximate surface area is 190 Å². The molecule has 182 valence electrons. The maximum absolute atomic E-state index is 12.6. The molecule has 34 heavy (non-hydrogen) atoms. The van der Waals surface area contributed by atoms with Crippen molar-refractivity contribution in [3.8, 4) is 22.8 Å². The van der Waals surface area contributed by atoms with Gasteiger partial charge < -0.3 is 20.1 Å². The van der Waals surface area contributed by atoms with Crippen molar-refractivity contribution >= 4 is 17.5 Å². The second-order valence-corrected chi connectivity index (χ2v) is 8.11. The summed E-state index contributed by atoms with van der Waals surface area (Å²) in [5.41, 5.74) is 0.331. The molecule has 1 aromatic heterocycles. The molecule has 0 bridgehead atoms. The van der Waals surface area contributed by atoms with Crippen molar-refractivity contribution < 1.29 is 35.8 Å². The van der Waals surface area contributed by atoms with Crippen molar-refractivity contribution in [2.75, 3.05) is 10.6 Å². The predicted octanol–water partition coefficient (Wildman–Crippen LogP) is 6.89. The standard InChI is InChI=1S/C22H20F6N4O2/c1-20(2,3)32-19-30-17(13-6-4-8-15(10-13)33-21(23,24)25)12-18(31-19)29-14-7-5-9-16(11-14)34-22(26,27)28/h4-12H,1-3H3,(H2,29,30,31,32). The van der Waals surface area contributed by atoms with Crippen LogP contribution in [0, 0.1) is 0 Å². The summed E-state index contributed by atoms with van der Waals surface area (Å²) in [5, 5.41) is 5.94. The molecule has 0 unspecified atom stereocenters. The van der Waals surface area contributed by atoms with Crippen molar-refractivity contribution in [3.05, 3.63) is 54.6 Å². The number of nitrogens with one attached hydrogen (secondary N) is 2. The van der Waals surface area contributed by atoms with Crippen LogP contribution in [0.25, 0.3) is 11.3 Å². The topological polar surface area (TPSA) is 68.3 Å². The van der Waals surface area contributed by atoms with E-state index in [9.17, 15) is 26.3 Å². The molecule has 2 aromatic carbocycles. The van der Waals surface area contributed by atoms with Crippen LogP contribution in [0.2, 0.25) is 0 Å². The van der Waals surface area contributed by atoms with Crippen LogP contribution < -0.4 is 20.1 Å². The Morgan fingerprint density at radius 3 is 1.91 bits per heavy atom. The lowest BCUT2D eigenvalue weighted by atomic mass is 10.1. The van der Waals surface area contributed by atoms with Gasteiger partial charge in [-0.2, -0.15) is 4.98 Å². The van der Waals surface area contributed by atoms with Crippen LogP contribution in [0.3, 0.4) is 0 Å². The Morgan fingerprint density at radius 1 is 0.735 bits per heavy atom. The van der Waals surface area contributed by atoms with Crippen molar-refractivity contribution in [1.82, 2.24) is 9.97 Å². The number of alkyl halides is 6. The van der Waals surface area contributed by atoms with E-state index in [1.54, 1.807) is 0 Å². The summed E-state index contributed by atoms with van der Waals surface area (Å²) in [5.74, 6) is -0.530. The zero-order valence-corrected chi connectivity index (χ0v) is 18.2. The Kier molecular flexibility index (Phi) is 6.80. The summed E-state index contributed by atoms with van der Waals surface area (Å²) in [6.45, 7) is 5.56. The van der Waals surface area contributed by atoms with Crippen molar-refractivity contribution in [3.63, 3.8) is 0 Å². The Morgan fingerprint density at radius 2 is 1.32 bits per heavy atom. The van der Waals surface area contributed by atoms with Gasteiger partial charge in [0.15, 0.2) is 0 Å². The van der Waals surface area contributed by atoms with Gasteiger partial charge in [0, 0.05) is 28.9 Å². The summed E-state index contributed by atoms with van der Waals surface area (Å²) in [7, 11) is 0. The van der Waals surface area contributed by atoms with Crippen molar-refractivity contribution in [1.29, 1.82) is 0 Å². The molecule has 2 N–H and O–H groups in total. The Hall–Kier alpha value is -3.70. The van der Waals surface area contributed by atoms with Crippen molar-refractivity contribution in [2.24, 2.45) is 0 Å². The van der Waals surface area contributed by atoms with E-state index in [0.717, 1.165) is 24.3 Å². The van der Waals surface area contributed by atoms with Crippen LogP contribution in [0.15, 0.2) is 54.6 Å². The first-order chi connectivity index (χ1) is 15.7. The largest absolute Gasteiger partial charge is 0.573 e. The summed E-state index contributed by atoms with van der Waals surface area (Å²) in [4.78, 5) is 8.68. The minimum atomic E-state index is -4.86. The molecular weight excluding hydrogens is 466 g/mol. The summed E-state index contributed by atoms with van der Waals surface area (Å²) < 4.78 is 83.4. The van der Waals surface area contributed by atoms with Crippen LogP contribution in [0.5, 0.6) is 11.5 Å². The zero-order chi connectivity index (χ0) is 25.1. The van der Waals surface area contributed by atoms with Gasteiger partial charge in [-0.05, 0) is 45.0 Å². The third kappa shape index (κ3) is 8.01. The van der Waals surface area contributed by atoms with Crippen LogP contribution in [0.4, 0.5) is 43.8 Å². The average molecular weight is 486 g/mol. The van der Waals surface area contributed by atoms with Crippen LogP contribution in [-0.2, 0) is 0 Å². The monoisotopic (exact) mass is 486 g/mol. The van der Waals surface area contributed by atoms with Gasteiger partial charge in [0.1, 0.15) is 17.3 Å². The van der Waals surface area contributed by atoms with E-state index in [0.29, 0.717) is 5.56 Å². The van der Waals surface area contributed by atoms with Crippen LogP contribution >= 0.6 is 0 Å². The van der Waals surface area contributed by atoms with Gasteiger partial charge in [0.2, 0.25) is 5.95 Å². The number of hydrogen-bond acceptors (Lipinski definition) is 6. The molecule has 6 nitrogen and oxygen atoms in total. The number of anilines is 3. The highest BCUT2D eigenvalue weighted by Gasteiger charge is 2.32. The fourth-order valence-electron chi connectivity index (χ4n) is 2.82. The van der Waals surface area contributed by atoms with E-state index < -0.39 is 29.8 Å². The van der Waals surface area contributed by atoms with E-state index in [-0.39, 0.29) is 23.1 Å². The van der Waals surface area contributed by atoms with Gasteiger partial charge >= 0.3 is 12.7 Å². The highest BCUT2D eigenvalue weighted by molar-refractivity contribution is 5.69. The molecule has 0 atom stereocenters. The first kappa shape index (κ1) is 24.9. The van der Waals surface area contributed by atoms with Gasteiger partial charge in [-0.3, -0.25) is 0 Å². The predicted molar refractivity (Wildman–Crippen MR) is 114 cm³/mol. The molecule has 0 aliphatic heterocycles. The van der Waals surface area contributed by atoms with Crippen LogP contribution in [0.1, 0.15) is 20.8 Å². The second-order valence-electron chi connectivity index (χ2n) is 8.11. The van der Waals surface area contributed by atoms with Crippen molar-refractivity contribution in [2.45, 2.75) is 39.0 Å². The fourth-order valence-corrected chi connectivity index (χ4v) is 2.82. The SMILES string of the molecule is CC(C)(C)Nc1nc(Nc2cccc(OC(F)(F)F)c2)cc(-c2cccc(OC(F)(F)F)c2)n1. The van der Waals surface area contributed by atoms with E-state index in [1.165, 1.54) is 30.3 Å². The number of nitrogens with zero attached hydrogens (tertiary/aromatic N) is 2. The number of rotatable bonds is 6. The van der Waals surface area contributed by atoms with Gasteiger partial charge in [0.25, 0.3) is 0 Å². The van der Waals surface area contributed by atoms with E-state index in [4.69, 9.17) is 0 Å². The molecule has 3 aromatic rings. The molecule has 12 heteroatoms. The first-order valence-corrected chi connectivity index (χ1v) is 9.81. The number of benzene rings is 2. The summed E-state index contributed by atoms with van der Waals surface area (Å²) >= 11 is 0. The Bertz CT molecular complexity index is 1140. The molecule has 0 aliphatic carbocycles. The number of ether oxygens (including phenoxy) is 2. The highest BCUT2D eigenvalue weighted by atomic mass is 19.4. The molecule has 0 aliphatic rings. The molecule has 0 spiro atoms. The van der Waals surface area contributed by atoms with Crippen LogP contribution in [-0.4, -0.2) is 28.2 Å². The lowest BCUT2D eigenvalue weighted by Gasteiger charge is -2.21. The maximum atomic E-state index is 12.6. The molecule has 0 radical (unpaired) electrons. The first-order valence-electron chi connectivity index (χ1n) is 9.81. The van der Waals surface area contributed by atoms with Gasteiger partial charge in [-0.15, -0.1) is 26.3 Å². The smallest absolute Gasteiger partial charge is 0.406 e. The van der Waals surface area contributed by atoms with E-state index >= 15 is 0 Å². The number of halogens is 6. The molecule has 0 amide bonds. The average Bonchev–Trinajstić information content (AvgIpc) is 2.64. The zero-order valence-electron chi connectivity index (χ0n) is 18.2. The number of hydrogen-bond donors (Lipinski definition) is 2. The second kappa shape index (κ2) is 9.27. The summed E-state index contributed by atoms with van der Waals surface area (Å²) in [6, 6.07) is 11.8. The highest BCUT2D eigenvalue weighted by Crippen LogP contribution is 2.31. The molecule has 3 rings (SSSR count). The Balaban J connectivity index is 1.98. The normalized spacial score (nSPS) is 12.3. The maximum Gasteiger partial charge on any atom is 0.573 e. The van der Waals surface area contributed by atoms with E-state index in [1.807, 2.05) is 20.8 Å². The van der Waals surface area contributed by atoms with Gasteiger partial charge in [-0.25, -0.2) is 4.98 Å². The van der Waals surface area contributed by atoms with E-state index in [2.05, 4.69) is 30.1 Å². The lowest BCUT2D eigenvalue weighted by molar-refractivity contribution is -0.275. The molecule has 0 saturated carbocycles.